The van der Waals surface area contributed by atoms with Crippen molar-refractivity contribution in [2.45, 2.75) is 12.8 Å². The highest BCUT2D eigenvalue weighted by Gasteiger charge is 2.40. The first-order valence-electron chi connectivity index (χ1n) is 5.04. The number of benzene rings is 1. The first-order valence-corrected chi connectivity index (χ1v) is 5.84. The zero-order valence-electron chi connectivity index (χ0n) is 8.39. The van der Waals surface area contributed by atoms with Gasteiger partial charge in [0.25, 0.3) is 0 Å². The fraction of sp³-hybridized carbons (Fsp3) is 0.455. The van der Waals surface area contributed by atoms with E-state index in [0.29, 0.717) is 12.2 Å². The van der Waals surface area contributed by atoms with Gasteiger partial charge in [-0.25, -0.2) is 4.39 Å². The fourth-order valence-corrected chi connectivity index (χ4v) is 1.91. The maximum atomic E-state index is 13.4. The van der Waals surface area contributed by atoms with Crippen LogP contribution in [-0.2, 0) is 0 Å². The molecule has 0 spiro atoms. The van der Waals surface area contributed by atoms with Crippen LogP contribution in [0.15, 0.2) is 22.7 Å². The molecule has 1 fully saturated rings. The molecule has 0 amide bonds. The Bertz CT molecular complexity index is 364. The number of nitrogens with two attached hydrogens (primary N) is 1. The fourth-order valence-electron chi connectivity index (χ4n) is 1.55. The lowest BCUT2D eigenvalue weighted by molar-refractivity contribution is 0.551. The number of anilines is 1. The summed E-state index contributed by atoms with van der Waals surface area (Å²) in [5.41, 5.74) is 6.42. The molecule has 1 aromatic carbocycles. The van der Waals surface area contributed by atoms with E-state index in [9.17, 15) is 4.39 Å². The zero-order valence-corrected chi connectivity index (χ0v) is 9.98. The lowest BCUT2D eigenvalue weighted by Crippen LogP contribution is -2.24. The molecular formula is C11H14BrFN2. The maximum Gasteiger partial charge on any atom is 0.146 e. The van der Waals surface area contributed by atoms with E-state index in [1.807, 2.05) is 0 Å². The van der Waals surface area contributed by atoms with Crippen LogP contribution in [0.2, 0.25) is 0 Å². The molecule has 0 heterocycles. The van der Waals surface area contributed by atoms with Crippen LogP contribution < -0.4 is 11.1 Å². The van der Waals surface area contributed by atoms with E-state index < -0.39 is 0 Å². The van der Waals surface area contributed by atoms with Gasteiger partial charge in [0.05, 0.1) is 5.69 Å². The normalized spacial score (nSPS) is 17.5. The average molecular weight is 273 g/mol. The van der Waals surface area contributed by atoms with Crippen molar-refractivity contribution in [1.82, 2.24) is 0 Å². The Morgan fingerprint density at radius 3 is 2.80 bits per heavy atom. The monoisotopic (exact) mass is 272 g/mol. The summed E-state index contributed by atoms with van der Waals surface area (Å²) < 4.78 is 14.2. The third-order valence-electron chi connectivity index (χ3n) is 2.97. The first-order chi connectivity index (χ1) is 7.15. The molecule has 15 heavy (non-hydrogen) atoms. The molecule has 0 unspecified atom stereocenters. The Morgan fingerprint density at radius 1 is 1.47 bits per heavy atom. The lowest BCUT2D eigenvalue weighted by Gasteiger charge is -2.14. The van der Waals surface area contributed by atoms with Crippen molar-refractivity contribution in [2.75, 3.05) is 18.4 Å². The molecule has 0 aliphatic heterocycles. The summed E-state index contributed by atoms with van der Waals surface area (Å²) in [6, 6.07) is 4.90. The van der Waals surface area contributed by atoms with Crippen molar-refractivity contribution in [3.05, 3.63) is 28.5 Å². The molecule has 1 saturated carbocycles. The molecule has 0 radical (unpaired) electrons. The molecule has 0 bridgehead atoms. The van der Waals surface area contributed by atoms with Crippen LogP contribution >= 0.6 is 15.9 Å². The van der Waals surface area contributed by atoms with E-state index in [1.165, 1.54) is 6.07 Å². The summed E-state index contributed by atoms with van der Waals surface area (Å²) in [5.74, 6) is -0.217. The van der Waals surface area contributed by atoms with Crippen LogP contribution in [0.5, 0.6) is 0 Å². The van der Waals surface area contributed by atoms with Crippen molar-refractivity contribution in [3.63, 3.8) is 0 Å². The van der Waals surface area contributed by atoms with E-state index in [-0.39, 0.29) is 11.2 Å². The predicted octanol–water partition coefficient (Wildman–Crippen LogP) is 2.74. The highest BCUT2D eigenvalue weighted by Crippen LogP contribution is 2.44. The molecule has 0 atom stereocenters. The average Bonchev–Trinajstić information content (AvgIpc) is 3.00. The molecule has 2 nitrogen and oxygen atoms in total. The molecule has 1 aromatic rings. The summed E-state index contributed by atoms with van der Waals surface area (Å²) in [7, 11) is 0. The SMILES string of the molecule is NCC1(CNc2cc(Br)ccc2F)CC1. The quantitative estimate of drug-likeness (QED) is 0.885. The molecule has 1 aliphatic carbocycles. The molecule has 2 rings (SSSR count). The van der Waals surface area contributed by atoms with E-state index in [1.54, 1.807) is 12.1 Å². The van der Waals surface area contributed by atoms with E-state index >= 15 is 0 Å². The lowest BCUT2D eigenvalue weighted by atomic mass is 10.1. The largest absolute Gasteiger partial charge is 0.382 e. The number of hydrogen-bond donors (Lipinski definition) is 2. The van der Waals surface area contributed by atoms with Crippen molar-refractivity contribution in [3.8, 4) is 0 Å². The van der Waals surface area contributed by atoms with Crippen LogP contribution in [-0.4, -0.2) is 13.1 Å². The second kappa shape index (κ2) is 4.10. The summed E-state index contributed by atoms with van der Waals surface area (Å²) in [5, 5.41) is 3.12. The van der Waals surface area contributed by atoms with Gasteiger partial charge in [-0.05, 0) is 43.0 Å². The number of halogens is 2. The minimum atomic E-state index is -0.217. The Hall–Kier alpha value is -0.610. The van der Waals surface area contributed by atoms with E-state index in [4.69, 9.17) is 5.73 Å². The van der Waals surface area contributed by atoms with Crippen LogP contribution in [0, 0.1) is 11.2 Å². The van der Waals surface area contributed by atoms with Gasteiger partial charge in [-0.15, -0.1) is 0 Å². The molecule has 4 heteroatoms. The smallest absolute Gasteiger partial charge is 0.146 e. The van der Waals surface area contributed by atoms with Gasteiger partial charge in [0.2, 0.25) is 0 Å². The van der Waals surface area contributed by atoms with Crippen molar-refractivity contribution in [2.24, 2.45) is 11.1 Å². The van der Waals surface area contributed by atoms with Gasteiger partial charge in [-0.2, -0.15) is 0 Å². The molecule has 3 N–H and O–H groups in total. The summed E-state index contributed by atoms with van der Waals surface area (Å²) in [4.78, 5) is 0. The van der Waals surface area contributed by atoms with Gasteiger partial charge in [0.1, 0.15) is 5.82 Å². The van der Waals surface area contributed by atoms with Gasteiger partial charge in [-0.1, -0.05) is 15.9 Å². The Labute approximate surface area is 97.2 Å². The summed E-state index contributed by atoms with van der Waals surface area (Å²) >= 11 is 3.32. The topological polar surface area (TPSA) is 38.0 Å². The number of nitrogens with one attached hydrogen (secondary N) is 1. The van der Waals surface area contributed by atoms with Crippen LogP contribution in [0.25, 0.3) is 0 Å². The van der Waals surface area contributed by atoms with Gasteiger partial charge in [0.15, 0.2) is 0 Å². The third kappa shape index (κ3) is 2.49. The van der Waals surface area contributed by atoms with Crippen LogP contribution in [0.1, 0.15) is 12.8 Å². The van der Waals surface area contributed by atoms with E-state index in [0.717, 1.165) is 23.9 Å². The summed E-state index contributed by atoms with van der Waals surface area (Å²) in [6.07, 6.45) is 2.29. The molecule has 0 aromatic heterocycles. The zero-order chi connectivity index (χ0) is 10.9. The standard InChI is InChI=1S/C11H14BrFN2/c12-8-1-2-9(13)10(5-8)15-7-11(6-14)3-4-11/h1-2,5,15H,3-4,6-7,14H2. The minimum Gasteiger partial charge on any atom is -0.382 e. The molecular weight excluding hydrogens is 259 g/mol. The predicted molar refractivity (Wildman–Crippen MR) is 63.3 cm³/mol. The highest BCUT2D eigenvalue weighted by atomic mass is 79.9. The summed E-state index contributed by atoms with van der Waals surface area (Å²) in [6.45, 7) is 1.44. The van der Waals surface area contributed by atoms with Crippen LogP contribution in [0.3, 0.4) is 0 Å². The van der Waals surface area contributed by atoms with Gasteiger partial charge in [0, 0.05) is 11.0 Å². The second-order valence-electron chi connectivity index (χ2n) is 4.18. The Morgan fingerprint density at radius 2 is 2.20 bits per heavy atom. The highest BCUT2D eigenvalue weighted by molar-refractivity contribution is 9.10. The van der Waals surface area contributed by atoms with Crippen molar-refractivity contribution < 1.29 is 4.39 Å². The van der Waals surface area contributed by atoms with Crippen LogP contribution in [0.4, 0.5) is 10.1 Å². The van der Waals surface area contributed by atoms with Gasteiger partial charge >= 0.3 is 0 Å². The van der Waals surface area contributed by atoms with Gasteiger partial charge in [-0.3, -0.25) is 0 Å². The van der Waals surface area contributed by atoms with Gasteiger partial charge < -0.3 is 11.1 Å². The van der Waals surface area contributed by atoms with Crippen molar-refractivity contribution in [1.29, 1.82) is 0 Å². The Kier molecular flexibility index (Phi) is 2.98. The molecule has 82 valence electrons. The first kappa shape index (κ1) is 10.9. The number of hydrogen-bond acceptors (Lipinski definition) is 2. The minimum absolute atomic E-state index is 0.217. The molecule has 0 saturated heterocycles. The maximum absolute atomic E-state index is 13.4. The molecule has 1 aliphatic rings. The van der Waals surface area contributed by atoms with E-state index in [2.05, 4.69) is 21.2 Å². The van der Waals surface area contributed by atoms with Crippen molar-refractivity contribution >= 4 is 21.6 Å². The number of rotatable bonds is 4. The second-order valence-corrected chi connectivity index (χ2v) is 5.10. The Balaban J connectivity index is 2.01. The third-order valence-corrected chi connectivity index (χ3v) is 3.47.